The Kier molecular flexibility index (Phi) is 5.47. The van der Waals surface area contributed by atoms with Crippen molar-refractivity contribution in [2.24, 2.45) is 10.3 Å². The molecule has 1 saturated heterocycles. The Morgan fingerprint density at radius 2 is 1.94 bits per heavy atom. The number of hydrogen-bond donors (Lipinski definition) is 1. The summed E-state index contributed by atoms with van der Waals surface area (Å²) < 4.78 is 10.4. The van der Waals surface area contributed by atoms with Crippen LogP contribution in [0.25, 0.3) is 0 Å². The number of nitrogens with one attached hydrogen (secondary N) is 1. The highest BCUT2D eigenvalue weighted by molar-refractivity contribution is 6.31. The van der Waals surface area contributed by atoms with Crippen LogP contribution in [0.2, 0.25) is 5.02 Å². The largest absolute Gasteiger partial charge is 0.497 e. The zero-order chi connectivity index (χ0) is 22.1. The number of nitrogens with zero attached hydrogens (tertiary/aromatic N) is 4. The molecule has 1 N–H and O–H groups in total. The molecule has 2 aromatic rings. The van der Waals surface area contributed by atoms with E-state index < -0.39 is 29.8 Å². The van der Waals surface area contributed by atoms with Gasteiger partial charge in [-0.3, -0.25) is 19.4 Å². The van der Waals surface area contributed by atoms with E-state index in [9.17, 15) is 14.4 Å². The summed E-state index contributed by atoms with van der Waals surface area (Å²) in [6.07, 6.45) is 0. The van der Waals surface area contributed by atoms with E-state index in [1.165, 1.54) is 25.3 Å². The molecular formula is C20H18ClN5O5. The second-order valence-electron chi connectivity index (χ2n) is 6.80. The third-order valence-electron chi connectivity index (χ3n) is 4.91. The lowest BCUT2D eigenvalue weighted by atomic mass is 10.1. The maximum absolute atomic E-state index is 13.0. The number of rotatable bonds is 6. The molecule has 0 spiro atoms. The van der Waals surface area contributed by atoms with E-state index in [4.69, 9.17) is 21.1 Å². The van der Waals surface area contributed by atoms with Crippen LogP contribution in [0.15, 0.2) is 52.8 Å². The number of amides is 3. The van der Waals surface area contributed by atoms with Crippen LogP contribution in [0.5, 0.6) is 11.5 Å². The fourth-order valence-electron chi connectivity index (χ4n) is 3.46. The normalized spacial score (nSPS) is 19.6. The van der Waals surface area contributed by atoms with Crippen molar-refractivity contribution in [2.75, 3.05) is 31.0 Å². The molecule has 0 saturated carbocycles. The molecule has 1 fully saturated rings. The first kappa shape index (κ1) is 20.6. The van der Waals surface area contributed by atoms with E-state index in [1.807, 2.05) is 0 Å². The molecule has 0 unspecified atom stereocenters. The summed E-state index contributed by atoms with van der Waals surface area (Å²) in [6.45, 7) is -0.276. The van der Waals surface area contributed by atoms with Crippen molar-refractivity contribution in [2.45, 2.75) is 12.1 Å². The summed E-state index contributed by atoms with van der Waals surface area (Å²) in [5, 5.41) is 12.1. The SMILES string of the molecule is COc1ccc(NC(=O)CN2N=N[C@H]3C(=O)N(c4cccc(Cl)c4)C(=O)[C@H]32)c(OC)c1. The van der Waals surface area contributed by atoms with Gasteiger partial charge in [0.1, 0.15) is 18.0 Å². The van der Waals surface area contributed by atoms with Gasteiger partial charge in [0.05, 0.1) is 25.6 Å². The van der Waals surface area contributed by atoms with Crippen LogP contribution in [-0.2, 0) is 14.4 Å². The van der Waals surface area contributed by atoms with E-state index in [2.05, 4.69) is 15.7 Å². The summed E-state index contributed by atoms with van der Waals surface area (Å²) in [7, 11) is 2.99. The molecule has 0 radical (unpaired) electrons. The molecule has 4 rings (SSSR count). The Balaban J connectivity index is 1.48. The van der Waals surface area contributed by atoms with E-state index in [0.29, 0.717) is 27.9 Å². The average Bonchev–Trinajstić information content (AvgIpc) is 3.27. The van der Waals surface area contributed by atoms with Gasteiger partial charge >= 0.3 is 0 Å². The predicted octanol–water partition coefficient (Wildman–Crippen LogP) is 2.29. The highest BCUT2D eigenvalue weighted by Gasteiger charge is 2.55. The highest BCUT2D eigenvalue weighted by atomic mass is 35.5. The Labute approximate surface area is 182 Å². The van der Waals surface area contributed by atoms with Gasteiger partial charge in [0.2, 0.25) is 5.91 Å². The third-order valence-corrected chi connectivity index (χ3v) is 5.15. The summed E-state index contributed by atoms with van der Waals surface area (Å²) >= 11 is 5.98. The zero-order valence-electron chi connectivity index (χ0n) is 16.6. The summed E-state index contributed by atoms with van der Waals surface area (Å²) in [5.41, 5.74) is 0.773. The second-order valence-corrected chi connectivity index (χ2v) is 7.23. The van der Waals surface area contributed by atoms with E-state index in [0.717, 1.165) is 4.90 Å². The fourth-order valence-corrected chi connectivity index (χ4v) is 3.65. The Bertz CT molecular complexity index is 1090. The second kappa shape index (κ2) is 8.23. The quantitative estimate of drug-likeness (QED) is 0.685. The van der Waals surface area contributed by atoms with Crippen molar-refractivity contribution in [3.05, 3.63) is 47.5 Å². The first-order valence-corrected chi connectivity index (χ1v) is 9.63. The topological polar surface area (TPSA) is 113 Å². The van der Waals surface area contributed by atoms with Crippen LogP contribution in [0, 0.1) is 0 Å². The number of fused-ring (bicyclic) bond motifs is 1. The number of hydrogen-bond acceptors (Lipinski definition) is 8. The number of carbonyl (C=O) groups is 3. The number of carbonyl (C=O) groups excluding carboxylic acids is 3. The molecule has 0 aromatic heterocycles. The van der Waals surface area contributed by atoms with Crippen LogP contribution in [0.1, 0.15) is 0 Å². The number of anilines is 2. The van der Waals surface area contributed by atoms with Gasteiger partial charge in [0.15, 0.2) is 12.1 Å². The number of imide groups is 1. The third kappa shape index (κ3) is 3.77. The van der Waals surface area contributed by atoms with Crippen LogP contribution >= 0.6 is 11.6 Å². The molecule has 2 atom stereocenters. The van der Waals surface area contributed by atoms with Gasteiger partial charge in [-0.2, -0.15) is 5.11 Å². The van der Waals surface area contributed by atoms with Crippen LogP contribution < -0.4 is 19.7 Å². The number of methoxy groups -OCH3 is 2. The maximum Gasteiger partial charge on any atom is 0.263 e. The molecule has 2 aliphatic heterocycles. The van der Waals surface area contributed by atoms with Crippen molar-refractivity contribution >= 4 is 40.7 Å². The van der Waals surface area contributed by atoms with Gasteiger partial charge < -0.3 is 14.8 Å². The minimum Gasteiger partial charge on any atom is -0.497 e. The summed E-state index contributed by atoms with van der Waals surface area (Å²) in [4.78, 5) is 39.3. The molecular weight excluding hydrogens is 426 g/mol. The molecule has 2 heterocycles. The van der Waals surface area contributed by atoms with Gasteiger partial charge in [-0.1, -0.05) is 22.9 Å². The van der Waals surface area contributed by atoms with Crippen LogP contribution in [0.3, 0.4) is 0 Å². The first-order chi connectivity index (χ1) is 14.9. The van der Waals surface area contributed by atoms with Crippen molar-refractivity contribution < 1.29 is 23.9 Å². The average molecular weight is 444 g/mol. The highest BCUT2D eigenvalue weighted by Crippen LogP contribution is 2.33. The number of benzene rings is 2. The fraction of sp³-hybridized carbons (Fsp3) is 0.250. The summed E-state index contributed by atoms with van der Waals surface area (Å²) in [5.74, 6) is -0.502. The minimum atomic E-state index is -1.00. The van der Waals surface area contributed by atoms with Crippen molar-refractivity contribution in [1.29, 1.82) is 0 Å². The van der Waals surface area contributed by atoms with Crippen molar-refractivity contribution in [3.8, 4) is 11.5 Å². The van der Waals surface area contributed by atoms with Gasteiger partial charge in [-0.05, 0) is 30.3 Å². The van der Waals surface area contributed by atoms with Gasteiger partial charge in [-0.15, -0.1) is 0 Å². The smallest absolute Gasteiger partial charge is 0.263 e. The number of ether oxygens (including phenoxy) is 2. The van der Waals surface area contributed by atoms with Crippen LogP contribution in [0.4, 0.5) is 11.4 Å². The zero-order valence-corrected chi connectivity index (χ0v) is 17.4. The molecule has 2 aliphatic rings. The molecule has 10 nitrogen and oxygen atoms in total. The van der Waals surface area contributed by atoms with Gasteiger partial charge in [-0.25, -0.2) is 4.90 Å². The summed E-state index contributed by atoms with van der Waals surface area (Å²) in [6, 6.07) is 9.34. The standard InChI is InChI=1S/C20H18ClN5O5/c1-30-13-6-7-14(15(9-13)31-2)22-16(27)10-25-18-17(23-24-25)19(28)26(20(18)29)12-5-3-4-11(21)8-12/h3-9,17-18H,10H2,1-2H3,(H,22,27)/t17-,18+/m1/s1. The molecule has 31 heavy (non-hydrogen) atoms. The van der Waals surface area contributed by atoms with E-state index >= 15 is 0 Å². The maximum atomic E-state index is 13.0. The predicted molar refractivity (Wildman–Crippen MR) is 111 cm³/mol. The monoisotopic (exact) mass is 443 g/mol. The molecule has 0 aliphatic carbocycles. The molecule has 160 valence electrons. The number of halogens is 1. The van der Waals surface area contributed by atoms with E-state index in [-0.39, 0.29) is 6.54 Å². The van der Waals surface area contributed by atoms with Gasteiger partial charge in [0, 0.05) is 11.1 Å². The first-order valence-electron chi connectivity index (χ1n) is 9.25. The lowest BCUT2D eigenvalue weighted by molar-refractivity contribution is -0.123. The van der Waals surface area contributed by atoms with Crippen molar-refractivity contribution in [3.63, 3.8) is 0 Å². The minimum absolute atomic E-state index is 0.276. The Hall–Kier alpha value is -3.66. The lowest BCUT2D eigenvalue weighted by Gasteiger charge is -2.20. The lowest BCUT2D eigenvalue weighted by Crippen LogP contribution is -2.43. The molecule has 0 bridgehead atoms. The van der Waals surface area contributed by atoms with Crippen molar-refractivity contribution in [1.82, 2.24) is 5.01 Å². The molecule has 11 heteroatoms. The molecule has 2 aromatic carbocycles. The Morgan fingerprint density at radius 3 is 2.65 bits per heavy atom. The Morgan fingerprint density at radius 1 is 1.13 bits per heavy atom. The van der Waals surface area contributed by atoms with Crippen LogP contribution in [-0.4, -0.2) is 55.6 Å². The van der Waals surface area contributed by atoms with Gasteiger partial charge in [0.25, 0.3) is 11.8 Å². The molecule has 3 amide bonds. The van der Waals surface area contributed by atoms with E-state index in [1.54, 1.807) is 36.4 Å².